The molecule has 1 fully saturated rings. The van der Waals surface area contributed by atoms with Crippen LogP contribution in [0.5, 0.6) is 0 Å². The van der Waals surface area contributed by atoms with Crippen LogP contribution in [0.25, 0.3) is 22.2 Å². The summed E-state index contributed by atoms with van der Waals surface area (Å²) in [5, 5.41) is 11.7. The van der Waals surface area contributed by atoms with Gasteiger partial charge >= 0.3 is 6.09 Å². The van der Waals surface area contributed by atoms with E-state index in [9.17, 15) is 4.79 Å². The highest BCUT2D eigenvalue weighted by molar-refractivity contribution is 5.95. The minimum Gasteiger partial charge on any atom is -0.444 e. The minimum atomic E-state index is -0.504. The van der Waals surface area contributed by atoms with Gasteiger partial charge < -0.3 is 25.8 Å². The van der Waals surface area contributed by atoms with E-state index >= 15 is 0 Å². The molecule has 0 bridgehead atoms. The van der Waals surface area contributed by atoms with E-state index in [1.165, 1.54) is 0 Å². The smallest absolute Gasteiger partial charge is 0.407 e. The van der Waals surface area contributed by atoms with Crippen molar-refractivity contribution in [3.8, 4) is 11.3 Å². The molecule has 1 aromatic carbocycles. The van der Waals surface area contributed by atoms with Crippen LogP contribution in [-0.2, 0) is 9.47 Å². The summed E-state index contributed by atoms with van der Waals surface area (Å²) in [6.07, 6.45) is 5.31. The van der Waals surface area contributed by atoms with Crippen LogP contribution in [0, 0.1) is 0 Å². The fourth-order valence-corrected chi connectivity index (χ4v) is 4.06. The highest BCUT2D eigenvalue weighted by Gasteiger charge is 2.20. The molecule has 0 spiro atoms. The topological polar surface area (TPSA) is 116 Å². The van der Waals surface area contributed by atoms with Crippen LogP contribution in [0.1, 0.15) is 52.7 Å². The Kier molecular flexibility index (Phi) is 7.21. The molecule has 34 heavy (non-hydrogen) atoms. The second-order valence-electron chi connectivity index (χ2n) is 9.52. The van der Waals surface area contributed by atoms with Crippen molar-refractivity contribution < 1.29 is 14.3 Å². The van der Waals surface area contributed by atoms with Crippen LogP contribution in [0.2, 0.25) is 0 Å². The maximum atomic E-state index is 11.8. The summed E-state index contributed by atoms with van der Waals surface area (Å²) in [7, 11) is 0. The normalized spacial score (nSPS) is 16.4. The first-order chi connectivity index (χ1) is 16.3. The number of benzene rings is 1. The Balaban J connectivity index is 1.43. The lowest BCUT2D eigenvalue weighted by Gasteiger charge is -2.24. The van der Waals surface area contributed by atoms with Gasteiger partial charge in [-0.15, -0.1) is 0 Å². The number of alkyl carbamates (subject to hydrolysis) is 1. The Morgan fingerprint density at radius 1 is 1.24 bits per heavy atom. The summed E-state index contributed by atoms with van der Waals surface area (Å²) in [6.45, 7) is 7.48. The number of pyridine rings is 1. The van der Waals surface area contributed by atoms with Crippen molar-refractivity contribution in [2.75, 3.05) is 30.7 Å². The average Bonchev–Trinajstić information content (AvgIpc) is 3.27. The van der Waals surface area contributed by atoms with E-state index in [1.807, 2.05) is 49.8 Å². The number of aromatic nitrogens is 3. The number of nitrogen functional groups attached to an aromatic ring is 1. The van der Waals surface area contributed by atoms with Gasteiger partial charge in [0.25, 0.3) is 0 Å². The molecule has 4 rings (SSSR count). The number of nitrogens with one attached hydrogen (secondary N) is 2. The van der Waals surface area contributed by atoms with Gasteiger partial charge in [0, 0.05) is 48.6 Å². The van der Waals surface area contributed by atoms with E-state index in [2.05, 4.69) is 32.8 Å². The standard InChI is InChI=1S/C25H34N6O3/c1-25(2,3)34-24(32)28-12-6-11-27-19-16-22(26)30-20-15-17(8-9-18(19)20)21-10-13-29-31(21)23-7-4-5-14-33-23/h8-10,13,15-16,23H,4-7,11-12,14H2,1-3H3,(H,28,32)(H3,26,27,30). The van der Waals surface area contributed by atoms with Gasteiger partial charge in [0.15, 0.2) is 6.23 Å². The lowest BCUT2D eigenvalue weighted by molar-refractivity contribution is -0.0383. The van der Waals surface area contributed by atoms with E-state index in [-0.39, 0.29) is 6.23 Å². The van der Waals surface area contributed by atoms with Crippen molar-refractivity contribution in [3.05, 3.63) is 36.5 Å². The van der Waals surface area contributed by atoms with Gasteiger partial charge in [-0.05, 0) is 58.6 Å². The fourth-order valence-electron chi connectivity index (χ4n) is 4.06. The average molecular weight is 467 g/mol. The first kappa shape index (κ1) is 23.8. The summed E-state index contributed by atoms with van der Waals surface area (Å²) in [6, 6.07) is 10.0. The second-order valence-corrected chi connectivity index (χ2v) is 9.52. The van der Waals surface area contributed by atoms with E-state index in [1.54, 1.807) is 0 Å². The molecule has 0 aliphatic carbocycles. The van der Waals surface area contributed by atoms with Gasteiger partial charge in [0.2, 0.25) is 0 Å². The number of nitrogens with zero attached hydrogens (tertiary/aromatic N) is 3. The Morgan fingerprint density at radius 2 is 2.09 bits per heavy atom. The second kappa shape index (κ2) is 10.3. The molecule has 9 nitrogen and oxygen atoms in total. The van der Waals surface area contributed by atoms with Crippen LogP contribution in [0.4, 0.5) is 16.3 Å². The molecule has 2 aromatic heterocycles. The Morgan fingerprint density at radius 3 is 2.85 bits per heavy atom. The zero-order valence-electron chi connectivity index (χ0n) is 20.1. The largest absolute Gasteiger partial charge is 0.444 e. The zero-order valence-corrected chi connectivity index (χ0v) is 20.1. The molecule has 0 radical (unpaired) electrons. The summed E-state index contributed by atoms with van der Waals surface area (Å²) in [5.74, 6) is 0.447. The van der Waals surface area contributed by atoms with Crippen LogP contribution < -0.4 is 16.4 Å². The summed E-state index contributed by atoms with van der Waals surface area (Å²) < 4.78 is 13.2. The Bertz CT molecular complexity index is 1130. The van der Waals surface area contributed by atoms with Gasteiger partial charge in [-0.25, -0.2) is 14.5 Å². The SMILES string of the molecule is CC(C)(C)OC(=O)NCCCNc1cc(N)nc2cc(-c3ccnn3C3CCCCO3)ccc12. The molecule has 1 aliphatic heterocycles. The van der Waals surface area contributed by atoms with Crippen molar-refractivity contribution >= 4 is 28.5 Å². The Labute approximate surface area is 200 Å². The number of carbonyl (C=O) groups excluding carboxylic acids is 1. The highest BCUT2D eigenvalue weighted by atomic mass is 16.6. The molecule has 0 saturated carbocycles. The van der Waals surface area contributed by atoms with Gasteiger partial charge in [-0.1, -0.05) is 12.1 Å². The molecule has 1 amide bonds. The molecular weight excluding hydrogens is 432 g/mol. The predicted octanol–water partition coefficient (Wildman–Crippen LogP) is 4.71. The molecule has 9 heteroatoms. The van der Waals surface area contributed by atoms with Crippen molar-refractivity contribution in [2.24, 2.45) is 0 Å². The van der Waals surface area contributed by atoms with Crippen LogP contribution >= 0.6 is 0 Å². The van der Waals surface area contributed by atoms with E-state index in [0.29, 0.717) is 18.9 Å². The van der Waals surface area contributed by atoms with Crippen LogP contribution in [0.3, 0.4) is 0 Å². The van der Waals surface area contributed by atoms with Crippen LogP contribution in [0.15, 0.2) is 36.5 Å². The molecule has 1 unspecified atom stereocenters. The first-order valence-electron chi connectivity index (χ1n) is 11.9. The number of nitrogens with two attached hydrogens (primary N) is 1. The third kappa shape index (κ3) is 5.96. The number of hydrogen-bond acceptors (Lipinski definition) is 7. The Hall–Kier alpha value is -3.33. The van der Waals surface area contributed by atoms with E-state index < -0.39 is 11.7 Å². The number of hydrogen-bond donors (Lipinski definition) is 3. The lowest BCUT2D eigenvalue weighted by atomic mass is 10.1. The van der Waals surface area contributed by atoms with Crippen molar-refractivity contribution in [1.29, 1.82) is 0 Å². The third-order valence-electron chi connectivity index (χ3n) is 5.56. The van der Waals surface area contributed by atoms with Crippen LogP contribution in [-0.4, -0.2) is 46.2 Å². The predicted molar refractivity (Wildman–Crippen MR) is 134 cm³/mol. The number of ether oxygens (including phenoxy) is 2. The molecule has 1 atom stereocenters. The van der Waals surface area contributed by atoms with Crippen molar-refractivity contribution in [1.82, 2.24) is 20.1 Å². The monoisotopic (exact) mass is 466 g/mol. The molecule has 182 valence electrons. The van der Waals surface area contributed by atoms with Gasteiger partial charge in [0.1, 0.15) is 11.4 Å². The number of fused-ring (bicyclic) bond motifs is 1. The third-order valence-corrected chi connectivity index (χ3v) is 5.56. The molecule has 3 aromatic rings. The zero-order chi connectivity index (χ0) is 24.1. The maximum absolute atomic E-state index is 11.8. The molecule has 3 heterocycles. The number of carbonyl (C=O) groups is 1. The fraction of sp³-hybridized carbons (Fsp3) is 0.480. The van der Waals surface area contributed by atoms with E-state index in [0.717, 1.165) is 60.1 Å². The first-order valence-corrected chi connectivity index (χ1v) is 11.9. The van der Waals surface area contributed by atoms with E-state index in [4.69, 9.17) is 15.2 Å². The minimum absolute atomic E-state index is 0.0326. The number of anilines is 2. The van der Waals surface area contributed by atoms with Crippen molar-refractivity contribution in [2.45, 2.75) is 58.3 Å². The summed E-state index contributed by atoms with van der Waals surface area (Å²) in [4.78, 5) is 16.3. The highest BCUT2D eigenvalue weighted by Crippen LogP contribution is 2.32. The van der Waals surface area contributed by atoms with Crippen molar-refractivity contribution in [3.63, 3.8) is 0 Å². The quantitative estimate of drug-likeness (QED) is 0.432. The maximum Gasteiger partial charge on any atom is 0.407 e. The molecule has 1 aliphatic rings. The number of amides is 1. The van der Waals surface area contributed by atoms with Gasteiger partial charge in [-0.2, -0.15) is 5.10 Å². The molecule has 1 saturated heterocycles. The summed E-state index contributed by atoms with van der Waals surface area (Å²) >= 11 is 0. The van der Waals surface area contributed by atoms with Gasteiger partial charge in [0.05, 0.1) is 11.2 Å². The number of rotatable bonds is 7. The molecule has 4 N–H and O–H groups in total. The lowest BCUT2D eigenvalue weighted by Crippen LogP contribution is -2.33. The summed E-state index contributed by atoms with van der Waals surface area (Å²) in [5.41, 5.74) is 9.34. The van der Waals surface area contributed by atoms with Gasteiger partial charge in [-0.3, -0.25) is 0 Å². The molecular formula is C25H34N6O3.